The van der Waals surface area contributed by atoms with Gasteiger partial charge in [-0.3, -0.25) is 10.1 Å². The molecule has 0 aliphatic heterocycles. The summed E-state index contributed by atoms with van der Waals surface area (Å²) in [5, 5.41) is 11.4. The highest BCUT2D eigenvalue weighted by Gasteiger charge is 2.81. The summed E-state index contributed by atoms with van der Waals surface area (Å²) in [4.78, 5) is 10.3. The molecule has 1 aliphatic carbocycles. The topological polar surface area (TPSA) is 43.1 Å². The molecule has 1 atom stereocenters. The SMILES string of the molecule is CCCC1=CC(c2ccccc2[N+](=O)[O-])(C(F)(C(F)(F)F)C(F)(F)F)C=C(C)[CH]1. The number of para-hydroxylation sites is 1. The summed E-state index contributed by atoms with van der Waals surface area (Å²) < 4.78 is 98.0. The molecule has 0 N–H and O–H groups in total. The molecule has 159 valence electrons. The second kappa shape index (κ2) is 7.46. The summed E-state index contributed by atoms with van der Waals surface area (Å²) in [5.41, 5.74) is -11.4. The zero-order chi connectivity index (χ0) is 22.3. The fourth-order valence-electron chi connectivity index (χ4n) is 3.65. The Morgan fingerprint density at radius 3 is 2.03 bits per heavy atom. The maximum Gasteiger partial charge on any atom is 0.433 e. The van der Waals surface area contributed by atoms with Gasteiger partial charge in [0.25, 0.3) is 5.69 Å². The zero-order valence-electron chi connectivity index (χ0n) is 15.4. The highest BCUT2D eigenvalue weighted by Crippen LogP contribution is 2.61. The fraction of sp³-hybridized carbons (Fsp3) is 0.421. The first kappa shape index (κ1) is 22.9. The van der Waals surface area contributed by atoms with E-state index in [2.05, 4.69) is 0 Å². The number of nitro groups is 1. The maximum atomic E-state index is 15.5. The minimum absolute atomic E-state index is 0.0289. The van der Waals surface area contributed by atoms with Crippen molar-refractivity contribution in [2.45, 2.75) is 50.1 Å². The molecule has 0 aromatic heterocycles. The van der Waals surface area contributed by atoms with Gasteiger partial charge in [0.15, 0.2) is 0 Å². The van der Waals surface area contributed by atoms with E-state index in [4.69, 9.17) is 0 Å². The molecule has 1 radical (unpaired) electrons. The summed E-state index contributed by atoms with van der Waals surface area (Å²) in [6.45, 7) is 2.87. The van der Waals surface area contributed by atoms with Gasteiger partial charge in [0, 0.05) is 18.1 Å². The molecule has 0 heterocycles. The predicted octanol–water partition coefficient (Wildman–Crippen LogP) is 6.56. The van der Waals surface area contributed by atoms with Crippen molar-refractivity contribution in [3.63, 3.8) is 0 Å². The number of alkyl halides is 7. The molecule has 1 unspecified atom stereocenters. The Morgan fingerprint density at radius 1 is 1.00 bits per heavy atom. The van der Waals surface area contributed by atoms with Crippen LogP contribution in [0.25, 0.3) is 0 Å². The van der Waals surface area contributed by atoms with Crippen molar-refractivity contribution in [1.29, 1.82) is 0 Å². The van der Waals surface area contributed by atoms with E-state index in [0.29, 0.717) is 18.6 Å². The third kappa shape index (κ3) is 3.64. The Hall–Kier alpha value is -2.39. The van der Waals surface area contributed by atoms with Crippen LogP contribution in [-0.4, -0.2) is 22.9 Å². The first-order valence-electron chi connectivity index (χ1n) is 8.53. The third-order valence-corrected chi connectivity index (χ3v) is 4.72. The van der Waals surface area contributed by atoms with Gasteiger partial charge in [-0.2, -0.15) is 26.3 Å². The van der Waals surface area contributed by atoms with Crippen LogP contribution in [0.15, 0.2) is 47.6 Å². The number of benzene rings is 1. The van der Waals surface area contributed by atoms with Crippen molar-refractivity contribution in [2.24, 2.45) is 0 Å². The van der Waals surface area contributed by atoms with Crippen LogP contribution in [0, 0.1) is 16.5 Å². The van der Waals surface area contributed by atoms with Gasteiger partial charge in [-0.1, -0.05) is 54.8 Å². The molecule has 0 bridgehead atoms. The molecule has 1 aromatic carbocycles. The Labute approximate surface area is 162 Å². The Balaban J connectivity index is 3.07. The molecular weight excluding hydrogens is 407 g/mol. The van der Waals surface area contributed by atoms with Gasteiger partial charge >= 0.3 is 18.0 Å². The number of rotatable bonds is 5. The molecule has 0 fully saturated rings. The second-order valence-corrected chi connectivity index (χ2v) is 6.80. The molecular formula is C19H17F7NO2. The molecule has 10 heteroatoms. The number of allylic oxidation sites excluding steroid dienone is 4. The normalized spacial score (nSPS) is 20.9. The maximum absolute atomic E-state index is 15.5. The fourth-order valence-corrected chi connectivity index (χ4v) is 3.65. The second-order valence-electron chi connectivity index (χ2n) is 6.80. The average molecular weight is 424 g/mol. The van der Waals surface area contributed by atoms with Crippen LogP contribution in [0.2, 0.25) is 0 Å². The summed E-state index contributed by atoms with van der Waals surface area (Å²) in [6.07, 6.45) is -10.1. The molecule has 0 amide bonds. The monoisotopic (exact) mass is 424 g/mol. The molecule has 29 heavy (non-hydrogen) atoms. The standard InChI is InChI=1S/C19H17F7NO2/c1-3-6-13-9-12(2)10-16(11-13,14-7-4-5-8-15(14)27(28)29)17(20,18(21,22)23)19(24,25)26/h4-5,7-11H,3,6H2,1-2H3. The lowest BCUT2D eigenvalue weighted by Crippen LogP contribution is -2.65. The van der Waals surface area contributed by atoms with Crippen molar-refractivity contribution in [3.05, 3.63) is 69.7 Å². The smallest absolute Gasteiger partial charge is 0.258 e. The summed E-state index contributed by atoms with van der Waals surface area (Å²) in [5.74, 6) is 0. The van der Waals surface area contributed by atoms with Gasteiger partial charge in [-0.05, 0) is 13.3 Å². The van der Waals surface area contributed by atoms with Gasteiger partial charge in [-0.15, -0.1) is 0 Å². The van der Waals surface area contributed by atoms with Crippen LogP contribution in [0.5, 0.6) is 0 Å². The Morgan fingerprint density at radius 2 is 1.55 bits per heavy atom. The zero-order valence-corrected chi connectivity index (χ0v) is 15.4. The van der Waals surface area contributed by atoms with E-state index in [9.17, 15) is 36.5 Å². The van der Waals surface area contributed by atoms with Crippen molar-refractivity contribution in [3.8, 4) is 0 Å². The third-order valence-electron chi connectivity index (χ3n) is 4.72. The van der Waals surface area contributed by atoms with Crippen molar-refractivity contribution in [1.82, 2.24) is 0 Å². The lowest BCUT2D eigenvalue weighted by molar-refractivity contribution is -0.388. The molecule has 1 aromatic rings. The van der Waals surface area contributed by atoms with E-state index in [0.717, 1.165) is 24.3 Å². The van der Waals surface area contributed by atoms with Gasteiger partial charge in [-0.25, -0.2) is 4.39 Å². The lowest BCUT2D eigenvalue weighted by Gasteiger charge is -2.45. The Bertz CT molecular complexity index is 841. The number of nitrogens with zero attached hydrogens (tertiary/aromatic N) is 1. The molecule has 0 saturated heterocycles. The first-order chi connectivity index (χ1) is 13.2. The van der Waals surface area contributed by atoms with E-state index in [1.165, 1.54) is 13.3 Å². The molecule has 0 spiro atoms. The first-order valence-corrected chi connectivity index (χ1v) is 8.53. The van der Waals surface area contributed by atoms with Gasteiger partial charge in [0.05, 0.1) is 10.3 Å². The minimum Gasteiger partial charge on any atom is -0.258 e. The summed E-state index contributed by atoms with van der Waals surface area (Å²) >= 11 is 0. The Kier molecular flexibility index (Phi) is 5.89. The average Bonchev–Trinajstić information content (AvgIpc) is 2.58. The van der Waals surface area contributed by atoms with Crippen LogP contribution in [0.3, 0.4) is 0 Å². The van der Waals surface area contributed by atoms with E-state index in [1.807, 2.05) is 0 Å². The van der Waals surface area contributed by atoms with Crippen molar-refractivity contribution >= 4 is 5.69 Å². The number of halogens is 7. The number of nitro benzene ring substituents is 1. The largest absolute Gasteiger partial charge is 0.433 e. The molecule has 1 aliphatic rings. The van der Waals surface area contributed by atoms with Crippen LogP contribution in [0.1, 0.15) is 32.3 Å². The number of hydrogen-bond donors (Lipinski definition) is 0. The highest BCUT2D eigenvalue weighted by atomic mass is 19.4. The summed E-state index contributed by atoms with van der Waals surface area (Å²) in [7, 11) is 0. The van der Waals surface area contributed by atoms with Crippen molar-refractivity contribution < 1.29 is 35.7 Å². The summed E-state index contributed by atoms with van der Waals surface area (Å²) in [6, 6.07) is 3.59. The van der Waals surface area contributed by atoms with Crippen molar-refractivity contribution in [2.75, 3.05) is 0 Å². The molecule has 3 nitrogen and oxygen atoms in total. The van der Waals surface area contributed by atoms with Gasteiger partial charge < -0.3 is 0 Å². The molecule has 2 rings (SSSR count). The van der Waals surface area contributed by atoms with Gasteiger partial charge in [0.1, 0.15) is 0 Å². The van der Waals surface area contributed by atoms with E-state index in [1.54, 1.807) is 6.92 Å². The van der Waals surface area contributed by atoms with Gasteiger partial charge in [0.2, 0.25) is 0 Å². The minimum atomic E-state index is -6.41. The lowest BCUT2D eigenvalue weighted by atomic mass is 9.62. The number of hydrogen-bond acceptors (Lipinski definition) is 2. The predicted molar refractivity (Wildman–Crippen MR) is 91.8 cm³/mol. The van der Waals surface area contributed by atoms with E-state index >= 15 is 4.39 Å². The quantitative estimate of drug-likeness (QED) is 0.305. The van der Waals surface area contributed by atoms with Crippen LogP contribution >= 0.6 is 0 Å². The van der Waals surface area contributed by atoms with Crippen LogP contribution < -0.4 is 0 Å². The van der Waals surface area contributed by atoms with Crippen LogP contribution in [-0.2, 0) is 5.41 Å². The van der Waals surface area contributed by atoms with Crippen LogP contribution in [0.4, 0.5) is 36.4 Å². The molecule has 0 saturated carbocycles. The highest BCUT2D eigenvalue weighted by molar-refractivity contribution is 5.59. The van der Waals surface area contributed by atoms with E-state index < -0.39 is 39.6 Å². The van der Waals surface area contributed by atoms with E-state index in [-0.39, 0.29) is 17.6 Å².